The van der Waals surface area contributed by atoms with E-state index in [2.05, 4.69) is 12.7 Å². The van der Waals surface area contributed by atoms with E-state index in [4.69, 9.17) is 5.73 Å². The van der Waals surface area contributed by atoms with Gasteiger partial charge in [-0.15, -0.1) is 6.58 Å². The first kappa shape index (κ1) is 15.0. The minimum absolute atomic E-state index is 0.225. The van der Waals surface area contributed by atoms with Crippen molar-refractivity contribution in [1.29, 1.82) is 0 Å². The molecule has 5 rings (SSSR count). The molecule has 0 heterocycles. The van der Waals surface area contributed by atoms with Crippen LogP contribution in [0, 0.1) is 29.1 Å². The third-order valence-electron chi connectivity index (χ3n) is 7.97. The zero-order valence-corrected chi connectivity index (χ0v) is 14.3. The third kappa shape index (κ3) is 1.94. The van der Waals surface area contributed by atoms with Crippen LogP contribution in [0.1, 0.15) is 71.1 Å². The molecule has 122 valence electrons. The molecule has 0 aromatic carbocycles. The van der Waals surface area contributed by atoms with E-state index in [1.54, 1.807) is 11.6 Å². The zero-order valence-electron chi connectivity index (χ0n) is 14.3. The summed E-state index contributed by atoms with van der Waals surface area (Å²) in [6.07, 6.45) is 18.6. The molecule has 0 aromatic heterocycles. The van der Waals surface area contributed by atoms with Crippen molar-refractivity contribution in [2.75, 3.05) is 0 Å². The van der Waals surface area contributed by atoms with Gasteiger partial charge in [0, 0.05) is 5.54 Å². The fourth-order valence-corrected chi connectivity index (χ4v) is 7.11. The highest BCUT2D eigenvalue weighted by atomic mass is 14.9. The van der Waals surface area contributed by atoms with E-state index in [1.165, 1.54) is 64.2 Å². The number of fused-ring (bicyclic) bond motifs is 4. The summed E-state index contributed by atoms with van der Waals surface area (Å²) in [6, 6.07) is 0. The summed E-state index contributed by atoms with van der Waals surface area (Å²) in [7, 11) is 0. The van der Waals surface area contributed by atoms with E-state index in [1.807, 2.05) is 6.92 Å². The largest absolute Gasteiger partial charge is 0.325 e. The Morgan fingerprint density at radius 3 is 2.82 bits per heavy atom. The van der Waals surface area contributed by atoms with Crippen molar-refractivity contribution in [3.05, 3.63) is 24.3 Å². The van der Waals surface area contributed by atoms with Gasteiger partial charge in [-0.2, -0.15) is 0 Å². The average Bonchev–Trinajstić information content (AvgIpc) is 3.08. The van der Waals surface area contributed by atoms with Gasteiger partial charge in [-0.25, -0.2) is 0 Å². The standard InChI is InChI=1S/C18H27N.C3H6/c19-18-10-7-12-3-1-2-4-14(12)15(18)8-9-17-11-13(17)5-6-16(17)18;1-3-2/h3,13-16H,1-2,4-11,19H2;3H,1H2,2H3. The molecule has 6 unspecified atom stereocenters. The van der Waals surface area contributed by atoms with Crippen molar-refractivity contribution in [2.24, 2.45) is 34.8 Å². The third-order valence-corrected chi connectivity index (χ3v) is 7.97. The van der Waals surface area contributed by atoms with E-state index in [-0.39, 0.29) is 5.54 Å². The zero-order chi connectivity index (χ0) is 15.4. The van der Waals surface area contributed by atoms with Crippen LogP contribution in [0.3, 0.4) is 0 Å². The summed E-state index contributed by atoms with van der Waals surface area (Å²) in [5.41, 5.74) is 9.92. The van der Waals surface area contributed by atoms with Crippen LogP contribution in [0.2, 0.25) is 0 Å². The Morgan fingerprint density at radius 2 is 2.05 bits per heavy atom. The summed E-state index contributed by atoms with van der Waals surface area (Å²) in [4.78, 5) is 0. The first-order valence-electron chi connectivity index (χ1n) is 9.70. The van der Waals surface area contributed by atoms with Crippen LogP contribution in [0.15, 0.2) is 24.3 Å². The number of hydrogen-bond acceptors (Lipinski definition) is 1. The van der Waals surface area contributed by atoms with Crippen molar-refractivity contribution in [3.63, 3.8) is 0 Å². The molecule has 0 aromatic rings. The first-order valence-corrected chi connectivity index (χ1v) is 9.70. The number of allylic oxidation sites excluding steroid dienone is 3. The highest BCUT2D eigenvalue weighted by Gasteiger charge is 2.70. The van der Waals surface area contributed by atoms with Crippen molar-refractivity contribution in [2.45, 2.75) is 76.7 Å². The molecule has 5 aliphatic carbocycles. The fourth-order valence-electron chi connectivity index (χ4n) is 7.11. The smallest absolute Gasteiger partial charge is 0.0225 e. The van der Waals surface area contributed by atoms with Gasteiger partial charge in [0.05, 0.1) is 0 Å². The van der Waals surface area contributed by atoms with Crippen molar-refractivity contribution < 1.29 is 0 Å². The lowest BCUT2D eigenvalue weighted by molar-refractivity contribution is 0.000760. The first-order chi connectivity index (χ1) is 10.7. The lowest BCUT2D eigenvalue weighted by atomic mass is 9.51. The Labute approximate surface area is 136 Å². The Hall–Kier alpha value is -0.560. The molecule has 1 spiro atoms. The molecule has 2 N–H and O–H groups in total. The lowest BCUT2D eigenvalue weighted by Crippen LogP contribution is -2.62. The maximum atomic E-state index is 7.14. The number of rotatable bonds is 0. The van der Waals surface area contributed by atoms with Gasteiger partial charge in [0.1, 0.15) is 0 Å². The molecule has 0 bridgehead atoms. The molecule has 22 heavy (non-hydrogen) atoms. The number of hydrogen-bond donors (Lipinski definition) is 1. The van der Waals surface area contributed by atoms with Gasteiger partial charge in [0.15, 0.2) is 0 Å². The summed E-state index contributed by atoms with van der Waals surface area (Å²) in [6.45, 7) is 5.25. The molecular formula is C21H33N. The van der Waals surface area contributed by atoms with Crippen molar-refractivity contribution >= 4 is 0 Å². The molecule has 4 fully saturated rings. The summed E-state index contributed by atoms with van der Waals surface area (Å²) in [5, 5.41) is 0. The van der Waals surface area contributed by atoms with Gasteiger partial charge in [-0.1, -0.05) is 17.7 Å². The normalized spacial score (nSPS) is 51.1. The van der Waals surface area contributed by atoms with Gasteiger partial charge in [-0.3, -0.25) is 0 Å². The average molecular weight is 300 g/mol. The van der Waals surface area contributed by atoms with E-state index < -0.39 is 0 Å². The van der Waals surface area contributed by atoms with Crippen molar-refractivity contribution in [3.8, 4) is 0 Å². The highest BCUT2D eigenvalue weighted by molar-refractivity contribution is 5.27. The molecule has 1 heteroatoms. The predicted octanol–water partition coefficient (Wildman–Crippen LogP) is 5.22. The quantitative estimate of drug-likeness (QED) is 0.609. The van der Waals surface area contributed by atoms with Crippen molar-refractivity contribution in [1.82, 2.24) is 0 Å². The minimum atomic E-state index is 0.225. The molecule has 4 saturated carbocycles. The summed E-state index contributed by atoms with van der Waals surface area (Å²) in [5.74, 6) is 3.69. The molecule has 1 nitrogen and oxygen atoms in total. The summed E-state index contributed by atoms with van der Waals surface area (Å²) >= 11 is 0. The van der Waals surface area contributed by atoms with Gasteiger partial charge in [0.2, 0.25) is 0 Å². The highest BCUT2D eigenvalue weighted by Crippen LogP contribution is 2.75. The second kappa shape index (κ2) is 5.23. The predicted molar refractivity (Wildman–Crippen MR) is 93.4 cm³/mol. The Bertz CT molecular complexity index is 492. The minimum Gasteiger partial charge on any atom is -0.325 e. The van der Waals surface area contributed by atoms with Crippen LogP contribution < -0.4 is 5.73 Å². The monoisotopic (exact) mass is 299 g/mol. The van der Waals surface area contributed by atoms with Gasteiger partial charge >= 0.3 is 0 Å². The van der Waals surface area contributed by atoms with Crippen LogP contribution in [-0.2, 0) is 0 Å². The fraction of sp³-hybridized carbons (Fsp3) is 0.810. The van der Waals surface area contributed by atoms with Crippen LogP contribution >= 0.6 is 0 Å². The maximum absolute atomic E-state index is 7.14. The van der Waals surface area contributed by atoms with Gasteiger partial charge in [0.25, 0.3) is 0 Å². The maximum Gasteiger partial charge on any atom is 0.0225 e. The van der Waals surface area contributed by atoms with Gasteiger partial charge < -0.3 is 5.73 Å². The Morgan fingerprint density at radius 1 is 1.23 bits per heavy atom. The van der Waals surface area contributed by atoms with E-state index >= 15 is 0 Å². The second-order valence-corrected chi connectivity index (χ2v) is 8.75. The van der Waals surface area contributed by atoms with Crippen LogP contribution in [0.25, 0.3) is 0 Å². The van der Waals surface area contributed by atoms with Gasteiger partial charge in [-0.05, 0) is 100 Å². The molecule has 0 radical (unpaired) electrons. The molecule has 0 amide bonds. The number of nitrogens with two attached hydrogens (primary N) is 1. The molecular weight excluding hydrogens is 266 g/mol. The SMILES string of the molecule is C=CC.NC12CCC3=CCCCC3C1CCC13CC1CCC23. The van der Waals surface area contributed by atoms with Crippen LogP contribution in [-0.4, -0.2) is 5.54 Å². The Balaban J connectivity index is 0.000000389. The molecule has 0 saturated heterocycles. The Kier molecular flexibility index (Phi) is 3.56. The molecule has 6 atom stereocenters. The topological polar surface area (TPSA) is 26.0 Å². The van der Waals surface area contributed by atoms with E-state index in [0.717, 1.165) is 29.1 Å². The molecule has 5 aliphatic rings. The second-order valence-electron chi connectivity index (χ2n) is 8.75. The molecule has 0 aliphatic heterocycles. The van der Waals surface area contributed by atoms with Crippen LogP contribution in [0.5, 0.6) is 0 Å². The lowest BCUT2D eigenvalue weighted by Gasteiger charge is -2.57. The van der Waals surface area contributed by atoms with E-state index in [0.29, 0.717) is 0 Å². The van der Waals surface area contributed by atoms with E-state index in [9.17, 15) is 0 Å². The van der Waals surface area contributed by atoms with Crippen LogP contribution in [0.4, 0.5) is 0 Å². The summed E-state index contributed by atoms with van der Waals surface area (Å²) < 4.78 is 0.